The van der Waals surface area contributed by atoms with Gasteiger partial charge in [-0.15, -0.1) is 0 Å². The Bertz CT molecular complexity index is 580. The van der Waals surface area contributed by atoms with E-state index in [9.17, 15) is 0 Å². The molecule has 0 saturated heterocycles. The molecule has 1 saturated carbocycles. The van der Waals surface area contributed by atoms with E-state index in [1.54, 1.807) is 0 Å². The van der Waals surface area contributed by atoms with E-state index in [1.807, 2.05) is 0 Å². The normalized spacial score (nSPS) is 29.6. The van der Waals surface area contributed by atoms with Crippen LogP contribution in [0.1, 0.15) is 35.3 Å². The van der Waals surface area contributed by atoms with Crippen LogP contribution in [0.5, 0.6) is 0 Å². The Morgan fingerprint density at radius 1 is 1.24 bits per heavy atom. The minimum Gasteiger partial charge on any atom is -0.338 e. The first-order chi connectivity index (χ1) is 8.34. The maximum atomic E-state index is 5.33. The van der Waals surface area contributed by atoms with Crippen molar-refractivity contribution in [2.45, 2.75) is 24.7 Å². The molecule has 17 heavy (non-hydrogen) atoms. The largest absolute Gasteiger partial charge is 0.338 e. The smallest absolute Gasteiger partial charge is 0.232 e. The zero-order valence-corrected chi connectivity index (χ0v) is 11.3. The number of halogens is 1. The molecule has 0 bridgehead atoms. The first-order valence-electron chi connectivity index (χ1n) is 5.91. The highest BCUT2D eigenvalue weighted by Gasteiger charge is 2.56. The highest BCUT2D eigenvalue weighted by atomic mass is 127. The number of rotatable bonds is 1. The van der Waals surface area contributed by atoms with Crippen LogP contribution >= 0.6 is 22.6 Å². The van der Waals surface area contributed by atoms with Crippen molar-refractivity contribution in [3.8, 4) is 0 Å². The minimum absolute atomic E-state index is 0.467. The van der Waals surface area contributed by atoms with E-state index in [2.05, 4.69) is 57.0 Å². The van der Waals surface area contributed by atoms with Crippen LogP contribution < -0.4 is 0 Å². The van der Waals surface area contributed by atoms with Crippen molar-refractivity contribution in [3.63, 3.8) is 0 Å². The number of hydrogen-bond acceptors (Lipinski definition) is 3. The van der Waals surface area contributed by atoms with E-state index < -0.39 is 0 Å². The highest BCUT2D eigenvalue weighted by Crippen LogP contribution is 2.64. The minimum atomic E-state index is 0.467. The van der Waals surface area contributed by atoms with Gasteiger partial charge in [-0.3, -0.25) is 0 Å². The van der Waals surface area contributed by atoms with E-state index in [0.717, 1.165) is 15.6 Å². The summed E-state index contributed by atoms with van der Waals surface area (Å²) >= 11 is 2.10. The number of nitrogens with zero attached hydrogens (tertiary/aromatic N) is 2. The SMILES string of the molecule is Ic1noc(C2C3CCc4ccccc4C32)n1. The van der Waals surface area contributed by atoms with Crippen LogP contribution in [0.2, 0.25) is 0 Å². The van der Waals surface area contributed by atoms with Crippen LogP contribution in [0.4, 0.5) is 0 Å². The molecule has 86 valence electrons. The summed E-state index contributed by atoms with van der Waals surface area (Å²) < 4.78 is 6.04. The molecule has 1 aromatic carbocycles. The van der Waals surface area contributed by atoms with Gasteiger partial charge < -0.3 is 4.52 Å². The highest BCUT2D eigenvalue weighted by molar-refractivity contribution is 14.1. The maximum Gasteiger partial charge on any atom is 0.232 e. The Morgan fingerprint density at radius 3 is 2.94 bits per heavy atom. The maximum absolute atomic E-state index is 5.33. The predicted molar refractivity (Wildman–Crippen MR) is 70.8 cm³/mol. The quantitative estimate of drug-likeness (QED) is 0.750. The molecule has 0 radical (unpaired) electrons. The van der Waals surface area contributed by atoms with Crippen LogP contribution in [-0.4, -0.2) is 10.1 Å². The molecule has 1 fully saturated rings. The first-order valence-corrected chi connectivity index (χ1v) is 6.99. The van der Waals surface area contributed by atoms with Crippen LogP contribution in [0.25, 0.3) is 0 Å². The van der Waals surface area contributed by atoms with Crippen molar-refractivity contribution in [1.82, 2.24) is 10.1 Å². The van der Waals surface area contributed by atoms with Crippen LogP contribution in [-0.2, 0) is 6.42 Å². The Kier molecular flexibility index (Phi) is 2.09. The lowest BCUT2D eigenvalue weighted by Gasteiger charge is -2.13. The van der Waals surface area contributed by atoms with Gasteiger partial charge in [0.25, 0.3) is 0 Å². The molecule has 0 N–H and O–H groups in total. The van der Waals surface area contributed by atoms with Gasteiger partial charge in [0.15, 0.2) is 0 Å². The lowest BCUT2D eigenvalue weighted by atomic mass is 9.92. The number of hydrogen-bond donors (Lipinski definition) is 0. The zero-order valence-electron chi connectivity index (χ0n) is 9.14. The van der Waals surface area contributed by atoms with Gasteiger partial charge in [0.05, 0.1) is 0 Å². The summed E-state index contributed by atoms with van der Waals surface area (Å²) in [7, 11) is 0. The number of fused-ring (bicyclic) bond motifs is 3. The van der Waals surface area contributed by atoms with Gasteiger partial charge in [-0.25, -0.2) is 0 Å². The molecule has 3 atom stereocenters. The standard InChI is InChI=1S/C13H11IN2O/c14-13-15-12(17-16-13)11-9-6-5-7-3-1-2-4-8(7)10(9)11/h1-4,9-11H,5-6H2. The second-order valence-electron chi connectivity index (χ2n) is 4.85. The van der Waals surface area contributed by atoms with Crippen LogP contribution in [0.15, 0.2) is 28.8 Å². The molecule has 3 nitrogen and oxygen atoms in total. The van der Waals surface area contributed by atoms with E-state index in [0.29, 0.717) is 11.8 Å². The van der Waals surface area contributed by atoms with Crippen molar-refractivity contribution in [3.05, 3.63) is 45.1 Å². The number of benzene rings is 1. The van der Waals surface area contributed by atoms with Crippen molar-refractivity contribution >= 4 is 22.6 Å². The predicted octanol–water partition coefficient (Wildman–Crippen LogP) is 3.12. The van der Waals surface area contributed by atoms with Crippen molar-refractivity contribution < 1.29 is 4.52 Å². The molecular weight excluding hydrogens is 327 g/mol. The van der Waals surface area contributed by atoms with Crippen LogP contribution in [0.3, 0.4) is 0 Å². The summed E-state index contributed by atoms with van der Waals surface area (Å²) in [6.07, 6.45) is 2.45. The second kappa shape index (κ2) is 3.54. The average molecular weight is 338 g/mol. The van der Waals surface area contributed by atoms with Crippen LogP contribution in [0, 0.1) is 9.75 Å². The molecule has 1 aromatic heterocycles. The molecule has 4 heteroatoms. The molecule has 0 amide bonds. The Labute approximate surface area is 113 Å². The fourth-order valence-electron chi connectivity index (χ4n) is 3.25. The van der Waals surface area contributed by atoms with E-state index in [-0.39, 0.29) is 0 Å². The van der Waals surface area contributed by atoms with Crippen molar-refractivity contribution in [2.24, 2.45) is 5.92 Å². The second-order valence-corrected chi connectivity index (χ2v) is 5.82. The molecule has 2 aliphatic carbocycles. The molecule has 2 aliphatic rings. The van der Waals surface area contributed by atoms with Crippen molar-refractivity contribution in [1.29, 1.82) is 0 Å². The summed E-state index contributed by atoms with van der Waals surface area (Å²) in [6.45, 7) is 0. The van der Waals surface area contributed by atoms with Gasteiger partial charge in [-0.1, -0.05) is 29.4 Å². The molecule has 2 aromatic rings. The third kappa shape index (κ3) is 1.46. The lowest BCUT2D eigenvalue weighted by Crippen LogP contribution is -2.00. The van der Waals surface area contributed by atoms with Gasteiger partial charge in [-0.2, -0.15) is 4.98 Å². The fourth-order valence-corrected chi connectivity index (χ4v) is 3.59. The molecular formula is C13H11IN2O. The van der Waals surface area contributed by atoms with Gasteiger partial charge in [0.2, 0.25) is 9.72 Å². The third-order valence-corrected chi connectivity index (χ3v) is 4.47. The Morgan fingerprint density at radius 2 is 2.12 bits per heavy atom. The molecule has 0 aliphatic heterocycles. The van der Waals surface area contributed by atoms with Gasteiger partial charge >= 0.3 is 0 Å². The summed E-state index contributed by atoms with van der Waals surface area (Å²) in [6, 6.07) is 8.77. The van der Waals surface area contributed by atoms with E-state index in [1.165, 1.54) is 24.0 Å². The number of aromatic nitrogens is 2. The molecule has 1 heterocycles. The molecule has 0 spiro atoms. The van der Waals surface area contributed by atoms with Gasteiger partial charge in [-0.05, 0) is 35.8 Å². The summed E-state index contributed by atoms with van der Waals surface area (Å²) in [4.78, 5) is 4.38. The third-order valence-electron chi connectivity index (χ3n) is 4.03. The Hall–Kier alpha value is -0.910. The van der Waals surface area contributed by atoms with Crippen molar-refractivity contribution in [2.75, 3.05) is 0 Å². The molecule has 4 rings (SSSR count). The first kappa shape index (κ1) is 10.1. The fraction of sp³-hybridized carbons (Fsp3) is 0.385. The summed E-state index contributed by atoms with van der Waals surface area (Å²) in [5.74, 6) is 2.65. The summed E-state index contributed by atoms with van der Waals surface area (Å²) in [5, 5.41) is 3.89. The topological polar surface area (TPSA) is 38.9 Å². The zero-order chi connectivity index (χ0) is 11.4. The van der Waals surface area contributed by atoms with E-state index in [4.69, 9.17) is 4.52 Å². The summed E-state index contributed by atoms with van der Waals surface area (Å²) in [5.41, 5.74) is 3.01. The van der Waals surface area contributed by atoms with Gasteiger partial charge in [0.1, 0.15) is 0 Å². The van der Waals surface area contributed by atoms with Gasteiger partial charge in [0, 0.05) is 28.5 Å². The average Bonchev–Trinajstić information content (AvgIpc) is 2.96. The van der Waals surface area contributed by atoms with E-state index >= 15 is 0 Å². The lowest BCUT2D eigenvalue weighted by molar-refractivity contribution is 0.370. The Balaban J connectivity index is 1.73. The monoisotopic (exact) mass is 338 g/mol. The molecule has 3 unspecified atom stereocenters. The number of aryl methyl sites for hydroxylation is 1.